The molecule has 1 aliphatic carbocycles. The second-order valence-corrected chi connectivity index (χ2v) is 9.23. The van der Waals surface area contributed by atoms with Gasteiger partial charge in [-0.05, 0) is 38.2 Å². The van der Waals surface area contributed by atoms with Gasteiger partial charge < -0.3 is 0 Å². The summed E-state index contributed by atoms with van der Waals surface area (Å²) in [4.78, 5) is 31.6. The van der Waals surface area contributed by atoms with E-state index in [1.807, 2.05) is 42.0 Å². The Morgan fingerprint density at radius 1 is 1.06 bits per heavy atom. The molecule has 0 unspecified atom stereocenters. The van der Waals surface area contributed by atoms with Crippen LogP contribution in [0.2, 0.25) is 5.02 Å². The van der Waals surface area contributed by atoms with E-state index in [0.29, 0.717) is 27.0 Å². The molecular weight excluding hydrogens is 442 g/mol. The van der Waals surface area contributed by atoms with Crippen molar-refractivity contribution >= 4 is 34.4 Å². The molecule has 1 aromatic carbocycles. The fraction of sp³-hybridized carbons (Fsp3) is 0.292. The van der Waals surface area contributed by atoms with Gasteiger partial charge in [-0.15, -0.1) is 0 Å². The Labute approximate surface area is 195 Å². The summed E-state index contributed by atoms with van der Waals surface area (Å²) >= 11 is 8.18. The van der Waals surface area contributed by atoms with Crippen molar-refractivity contribution in [2.24, 2.45) is 0 Å². The number of aryl methyl sites for hydroxylation is 1. The van der Waals surface area contributed by atoms with Crippen LogP contribution >= 0.6 is 23.4 Å². The summed E-state index contributed by atoms with van der Waals surface area (Å²) in [6.45, 7) is 1.90. The molecule has 3 heterocycles. The minimum absolute atomic E-state index is 0.0554. The summed E-state index contributed by atoms with van der Waals surface area (Å²) in [7, 11) is 0. The lowest BCUT2D eigenvalue weighted by Gasteiger charge is -2.18. The standard InChI is InChI=1S/C24H22ClN5OS/c1-14-11-26-13-21(28-14)15-7-8-18(20(25)10-15)19-9-16-12-27-24(32-2)29-22(16)30(23(19)31)17-5-3-4-6-17/h7-13,17H,3-6H2,1-2H3. The summed E-state index contributed by atoms with van der Waals surface area (Å²) in [5.41, 5.74) is 4.35. The normalized spacial score (nSPS) is 14.3. The molecule has 0 N–H and O–H groups in total. The fourth-order valence-electron chi connectivity index (χ4n) is 4.39. The number of hydrogen-bond acceptors (Lipinski definition) is 6. The van der Waals surface area contributed by atoms with Gasteiger partial charge in [-0.3, -0.25) is 14.3 Å². The van der Waals surface area contributed by atoms with Gasteiger partial charge in [0.15, 0.2) is 5.16 Å². The lowest BCUT2D eigenvalue weighted by molar-refractivity contribution is 0.515. The van der Waals surface area contributed by atoms with Crippen LogP contribution in [-0.4, -0.2) is 30.8 Å². The zero-order chi connectivity index (χ0) is 22.2. The Morgan fingerprint density at radius 2 is 1.88 bits per heavy atom. The summed E-state index contributed by atoms with van der Waals surface area (Å²) in [5, 5.41) is 2.01. The van der Waals surface area contributed by atoms with Crippen molar-refractivity contribution in [1.82, 2.24) is 24.5 Å². The van der Waals surface area contributed by atoms with Crippen LogP contribution in [0, 0.1) is 6.92 Å². The van der Waals surface area contributed by atoms with Crippen LogP contribution in [0.15, 0.2) is 52.8 Å². The number of halogens is 1. The highest BCUT2D eigenvalue weighted by atomic mass is 35.5. The predicted molar refractivity (Wildman–Crippen MR) is 129 cm³/mol. The minimum Gasteiger partial charge on any atom is -0.289 e. The summed E-state index contributed by atoms with van der Waals surface area (Å²) in [6, 6.07) is 7.68. The van der Waals surface area contributed by atoms with Gasteiger partial charge in [-0.2, -0.15) is 0 Å². The highest BCUT2D eigenvalue weighted by Crippen LogP contribution is 2.34. The van der Waals surface area contributed by atoms with E-state index >= 15 is 0 Å². The van der Waals surface area contributed by atoms with Gasteiger partial charge in [0.2, 0.25) is 0 Å². The van der Waals surface area contributed by atoms with E-state index in [4.69, 9.17) is 11.6 Å². The van der Waals surface area contributed by atoms with Crippen LogP contribution in [0.5, 0.6) is 0 Å². The minimum atomic E-state index is -0.0554. The monoisotopic (exact) mass is 463 g/mol. The van der Waals surface area contributed by atoms with Crippen molar-refractivity contribution in [3.8, 4) is 22.4 Å². The molecule has 6 nitrogen and oxygen atoms in total. The number of hydrogen-bond donors (Lipinski definition) is 0. The van der Waals surface area contributed by atoms with E-state index in [-0.39, 0.29) is 11.6 Å². The highest BCUT2D eigenvalue weighted by Gasteiger charge is 2.24. The number of fused-ring (bicyclic) bond motifs is 1. The zero-order valence-electron chi connectivity index (χ0n) is 17.9. The SMILES string of the molecule is CSc1ncc2cc(-c3ccc(-c4cncc(C)n4)cc3Cl)c(=O)n(C3CCCC3)c2n1. The molecule has 8 heteroatoms. The van der Waals surface area contributed by atoms with E-state index in [0.717, 1.165) is 48.0 Å². The van der Waals surface area contributed by atoms with Gasteiger partial charge in [0.25, 0.3) is 5.56 Å². The van der Waals surface area contributed by atoms with Gasteiger partial charge in [0, 0.05) is 45.5 Å². The van der Waals surface area contributed by atoms with Crippen molar-refractivity contribution in [3.63, 3.8) is 0 Å². The Balaban J connectivity index is 1.69. The van der Waals surface area contributed by atoms with Crippen LogP contribution in [0.4, 0.5) is 0 Å². The van der Waals surface area contributed by atoms with E-state index < -0.39 is 0 Å². The van der Waals surface area contributed by atoms with Crippen molar-refractivity contribution in [1.29, 1.82) is 0 Å². The van der Waals surface area contributed by atoms with Gasteiger partial charge in [-0.25, -0.2) is 15.0 Å². The third-order valence-corrected chi connectivity index (χ3v) is 6.81. The predicted octanol–water partition coefficient (Wildman–Crippen LogP) is 5.71. The van der Waals surface area contributed by atoms with Crippen LogP contribution in [-0.2, 0) is 0 Å². The van der Waals surface area contributed by atoms with Crippen molar-refractivity contribution in [3.05, 3.63) is 63.9 Å². The number of pyridine rings is 1. The first-order valence-electron chi connectivity index (χ1n) is 10.6. The van der Waals surface area contributed by atoms with Gasteiger partial charge in [-0.1, -0.05) is 48.3 Å². The first kappa shape index (κ1) is 21.1. The molecule has 162 valence electrons. The molecule has 4 aromatic rings. The zero-order valence-corrected chi connectivity index (χ0v) is 19.5. The Kier molecular flexibility index (Phi) is 5.69. The maximum Gasteiger partial charge on any atom is 0.260 e. The van der Waals surface area contributed by atoms with E-state index in [1.54, 1.807) is 18.6 Å². The molecule has 1 fully saturated rings. The second-order valence-electron chi connectivity index (χ2n) is 8.05. The maximum atomic E-state index is 13.7. The molecule has 1 saturated carbocycles. The third-order valence-electron chi connectivity index (χ3n) is 5.93. The topological polar surface area (TPSA) is 73.6 Å². The second kappa shape index (κ2) is 8.64. The van der Waals surface area contributed by atoms with Gasteiger partial charge >= 0.3 is 0 Å². The molecule has 0 atom stereocenters. The lowest BCUT2D eigenvalue weighted by atomic mass is 10.0. The summed E-state index contributed by atoms with van der Waals surface area (Å²) in [6.07, 6.45) is 11.4. The lowest BCUT2D eigenvalue weighted by Crippen LogP contribution is -2.26. The van der Waals surface area contributed by atoms with Crippen LogP contribution < -0.4 is 5.56 Å². The molecule has 0 spiro atoms. The molecule has 3 aromatic heterocycles. The molecule has 0 saturated heterocycles. The fourth-order valence-corrected chi connectivity index (χ4v) is 5.01. The molecule has 1 aliphatic rings. The quantitative estimate of drug-likeness (QED) is 0.285. The molecule has 32 heavy (non-hydrogen) atoms. The number of aromatic nitrogens is 5. The molecule has 0 aliphatic heterocycles. The van der Waals surface area contributed by atoms with E-state index in [2.05, 4.69) is 19.9 Å². The van der Waals surface area contributed by atoms with E-state index in [1.165, 1.54) is 11.8 Å². The first-order chi connectivity index (χ1) is 15.5. The molecule has 0 amide bonds. The maximum absolute atomic E-state index is 13.7. The van der Waals surface area contributed by atoms with Crippen LogP contribution in [0.1, 0.15) is 37.4 Å². The highest BCUT2D eigenvalue weighted by molar-refractivity contribution is 7.98. The van der Waals surface area contributed by atoms with Crippen molar-refractivity contribution in [2.45, 2.75) is 43.8 Å². The number of thioether (sulfide) groups is 1. The van der Waals surface area contributed by atoms with Crippen LogP contribution in [0.25, 0.3) is 33.4 Å². The number of rotatable bonds is 4. The van der Waals surface area contributed by atoms with E-state index in [9.17, 15) is 4.79 Å². The van der Waals surface area contributed by atoms with Crippen molar-refractivity contribution in [2.75, 3.05) is 6.26 Å². The average molecular weight is 464 g/mol. The number of nitrogens with zero attached hydrogens (tertiary/aromatic N) is 5. The van der Waals surface area contributed by atoms with Gasteiger partial charge in [0.05, 0.1) is 17.6 Å². The Bertz CT molecular complexity index is 1380. The molecule has 0 radical (unpaired) electrons. The summed E-state index contributed by atoms with van der Waals surface area (Å²) < 4.78 is 1.87. The molecule has 5 rings (SSSR count). The Hall–Kier alpha value is -2.77. The van der Waals surface area contributed by atoms with Gasteiger partial charge in [0.1, 0.15) is 5.65 Å². The molecular formula is C24H22ClN5OS. The summed E-state index contributed by atoms with van der Waals surface area (Å²) in [5.74, 6) is 0. The first-order valence-corrected chi connectivity index (χ1v) is 12.2. The molecule has 0 bridgehead atoms. The Morgan fingerprint density at radius 3 is 2.59 bits per heavy atom. The van der Waals surface area contributed by atoms with Crippen molar-refractivity contribution < 1.29 is 0 Å². The smallest absolute Gasteiger partial charge is 0.260 e. The van der Waals surface area contributed by atoms with Crippen LogP contribution in [0.3, 0.4) is 0 Å². The number of benzene rings is 1. The third kappa shape index (κ3) is 3.80. The largest absolute Gasteiger partial charge is 0.289 e. The average Bonchev–Trinajstić information content (AvgIpc) is 3.33.